The summed E-state index contributed by atoms with van der Waals surface area (Å²) in [5.41, 5.74) is 0. The van der Waals surface area contributed by atoms with E-state index in [9.17, 15) is 8.42 Å². The molecule has 1 aliphatic carbocycles. The van der Waals surface area contributed by atoms with Crippen LogP contribution >= 0.6 is 0 Å². The van der Waals surface area contributed by atoms with Crippen LogP contribution in [0.25, 0.3) is 0 Å². The Morgan fingerprint density at radius 3 is 2.88 bits per heavy atom. The second-order valence-corrected chi connectivity index (χ2v) is 5.55. The number of nitrogens with zero attached hydrogens (tertiary/aromatic N) is 1. The molecule has 1 atom stereocenters. The number of rotatable bonds is 3. The highest BCUT2D eigenvalue weighted by Crippen LogP contribution is 2.21. The van der Waals surface area contributed by atoms with Gasteiger partial charge in [0.2, 0.25) is 10.0 Å². The van der Waals surface area contributed by atoms with E-state index in [0.717, 1.165) is 19.3 Å². The first kappa shape index (κ1) is 12.1. The summed E-state index contributed by atoms with van der Waals surface area (Å²) < 4.78 is 22.8. The lowest BCUT2D eigenvalue weighted by Gasteiger charge is -2.20. The third-order valence-electron chi connectivity index (χ3n) is 2.69. The smallest absolute Gasteiger partial charge is 0.241 e. The van der Waals surface area contributed by atoms with Crippen LogP contribution in [0.2, 0.25) is 0 Å². The van der Waals surface area contributed by atoms with Crippen LogP contribution < -0.4 is 10.5 Å². The largest absolute Gasteiger partial charge is 0.366 e. The number of aromatic nitrogens is 1. The van der Waals surface area contributed by atoms with Crippen molar-refractivity contribution in [2.45, 2.75) is 30.2 Å². The summed E-state index contributed by atoms with van der Waals surface area (Å²) in [6.07, 6.45) is 8.60. The zero-order valence-electron chi connectivity index (χ0n) is 9.33. The van der Waals surface area contributed by atoms with Gasteiger partial charge in [-0.1, -0.05) is 12.2 Å². The van der Waals surface area contributed by atoms with Gasteiger partial charge in [0.15, 0.2) is 0 Å². The normalized spacial score (nSPS) is 20.2. The predicted octanol–water partition coefficient (Wildman–Crippen LogP) is 1.25. The Labute approximate surface area is 101 Å². The van der Waals surface area contributed by atoms with Crippen molar-refractivity contribution in [3.8, 4) is 0 Å². The molecule has 0 amide bonds. The van der Waals surface area contributed by atoms with Crippen LogP contribution in [0.15, 0.2) is 35.4 Å². The molecule has 0 aliphatic heterocycles. The molecule has 2 rings (SSSR count). The van der Waals surface area contributed by atoms with Crippen molar-refractivity contribution in [3.05, 3.63) is 30.5 Å². The number of sulfonamides is 1. The SMILES string of the molecule is NS(=O)(=O)c1cccnc1NC1CC=CCC1. The highest BCUT2D eigenvalue weighted by Gasteiger charge is 2.17. The molecule has 17 heavy (non-hydrogen) atoms. The van der Waals surface area contributed by atoms with E-state index in [1.54, 1.807) is 12.3 Å². The summed E-state index contributed by atoms with van der Waals surface area (Å²) in [6.45, 7) is 0. The quantitative estimate of drug-likeness (QED) is 0.794. The van der Waals surface area contributed by atoms with Gasteiger partial charge in [-0.15, -0.1) is 0 Å². The van der Waals surface area contributed by atoms with Crippen LogP contribution in [0.5, 0.6) is 0 Å². The topological polar surface area (TPSA) is 85.1 Å². The number of nitrogens with one attached hydrogen (secondary N) is 1. The first-order chi connectivity index (χ1) is 8.07. The lowest BCUT2D eigenvalue weighted by Crippen LogP contribution is -2.23. The van der Waals surface area contributed by atoms with E-state index in [2.05, 4.69) is 22.5 Å². The third-order valence-corrected chi connectivity index (χ3v) is 3.63. The number of nitrogens with two attached hydrogens (primary N) is 1. The zero-order chi connectivity index (χ0) is 12.3. The number of anilines is 1. The highest BCUT2D eigenvalue weighted by molar-refractivity contribution is 7.89. The van der Waals surface area contributed by atoms with Gasteiger partial charge in [-0.05, 0) is 31.4 Å². The van der Waals surface area contributed by atoms with Gasteiger partial charge >= 0.3 is 0 Å². The van der Waals surface area contributed by atoms with Gasteiger partial charge in [0.05, 0.1) is 0 Å². The lowest BCUT2D eigenvalue weighted by molar-refractivity contribution is 0.596. The van der Waals surface area contributed by atoms with Crippen LogP contribution in [-0.2, 0) is 10.0 Å². The van der Waals surface area contributed by atoms with Crippen molar-refractivity contribution in [1.82, 2.24) is 4.98 Å². The van der Waals surface area contributed by atoms with Gasteiger partial charge in [0.25, 0.3) is 0 Å². The molecule has 0 bridgehead atoms. The molecule has 1 heterocycles. The van der Waals surface area contributed by atoms with Crippen molar-refractivity contribution < 1.29 is 8.42 Å². The first-order valence-corrected chi connectivity index (χ1v) is 7.01. The van der Waals surface area contributed by atoms with E-state index in [1.807, 2.05) is 0 Å². The molecule has 92 valence electrons. The standard InChI is InChI=1S/C11H15N3O2S/c12-17(15,16)10-7-4-8-13-11(10)14-9-5-2-1-3-6-9/h1-2,4,7-9H,3,5-6H2,(H,13,14)(H2,12,15,16). The molecule has 0 saturated heterocycles. The number of allylic oxidation sites excluding steroid dienone is 1. The Morgan fingerprint density at radius 1 is 1.41 bits per heavy atom. The van der Waals surface area contributed by atoms with Crippen LogP contribution in [0, 0.1) is 0 Å². The first-order valence-electron chi connectivity index (χ1n) is 5.47. The molecule has 1 aromatic rings. The monoisotopic (exact) mass is 253 g/mol. The second kappa shape index (κ2) is 4.85. The van der Waals surface area contributed by atoms with Crippen molar-refractivity contribution in [2.75, 3.05) is 5.32 Å². The van der Waals surface area contributed by atoms with Crippen molar-refractivity contribution in [2.24, 2.45) is 5.14 Å². The van der Waals surface area contributed by atoms with Gasteiger partial charge in [0, 0.05) is 12.2 Å². The molecule has 0 fully saturated rings. The van der Waals surface area contributed by atoms with Gasteiger partial charge < -0.3 is 5.32 Å². The Bertz CT molecular complexity index is 525. The van der Waals surface area contributed by atoms with E-state index < -0.39 is 10.0 Å². The maximum atomic E-state index is 11.4. The fourth-order valence-corrected chi connectivity index (χ4v) is 2.50. The van der Waals surface area contributed by atoms with E-state index in [1.165, 1.54) is 6.07 Å². The van der Waals surface area contributed by atoms with Gasteiger partial charge in [-0.2, -0.15) is 0 Å². The van der Waals surface area contributed by atoms with Crippen molar-refractivity contribution in [1.29, 1.82) is 0 Å². The molecule has 6 heteroatoms. The summed E-state index contributed by atoms with van der Waals surface area (Å²) in [5.74, 6) is 0.343. The summed E-state index contributed by atoms with van der Waals surface area (Å²) in [5, 5.41) is 8.28. The summed E-state index contributed by atoms with van der Waals surface area (Å²) >= 11 is 0. The van der Waals surface area contributed by atoms with E-state index >= 15 is 0 Å². The number of pyridine rings is 1. The van der Waals surface area contributed by atoms with Crippen LogP contribution in [-0.4, -0.2) is 19.4 Å². The minimum Gasteiger partial charge on any atom is -0.366 e. The van der Waals surface area contributed by atoms with Crippen molar-refractivity contribution >= 4 is 15.8 Å². The van der Waals surface area contributed by atoms with Crippen LogP contribution in [0.1, 0.15) is 19.3 Å². The van der Waals surface area contributed by atoms with Gasteiger partial charge in [-0.3, -0.25) is 0 Å². The summed E-state index contributed by atoms with van der Waals surface area (Å²) in [6, 6.07) is 3.24. The number of hydrogen-bond acceptors (Lipinski definition) is 4. The Morgan fingerprint density at radius 2 is 2.24 bits per heavy atom. The third kappa shape index (κ3) is 3.04. The predicted molar refractivity (Wildman–Crippen MR) is 66.0 cm³/mol. The summed E-state index contributed by atoms with van der Waals surface area (Å²) in [7, 11) is -3.73. The minimum absolute atomic E-state index is 0.0505. The molecule has 3 N–H and O–H groups in total. The molecule has 1 aromatic heterocycles. The average molecular weight is 253 g/mol. The zero-order valence-corrected chi connectivity index (χ0v) is 10.2. The fraction of sp³-hybridized carbons (Fsp3) is 0.364. The molecular formula is C11H15N3O2S. The maximum absolute atomic E-state index is 11.4. The fourth-order valence-electron chi connectivity index (χ4n) is 1.85. The minimum atomic E-state index is -3.73. The van der Waals surface area contributed by atoms with Crippen LogP contribution in [0.3, 0.4) is 0 Å². The molecule has 0 spiro atoms. The second-order valence-electron chi connectivity index (χ2n) is 4.02. The van der Waals surface area contributed by atoms with Crippen molar-refractivity contribution in [3.63, 3.8) is 0 Å². The molecule has 5 nitrogen and oxygen atoms in total. The molecule has 1 aliphatic rings. The molecule has 0 aromatic carbocycles. The molecule has 0 saturated carbocycles. The van der Waals surface area contributed by atoms with E-state index in [-0.39, 0.29) is 10.9 Å². The Kier molecular flexibility index (Phi) is 3.44. The van der Waals surface area contributed by atoms with Gasteiger partial charge in [0.1, 0.15) is 10.7 Å². The molecular weight excluding hydrogens is 238 g/mol. The number of primary sulfonamides is 1. The lowest BCUT2D eigenvalue weighted by atomic mass is 10.0. The summed E-state index contributed by atoms with van der Waals surface area (Å²) in [4.78, 5) is 4.10. The average Bonchev–Trinajstić information content (AvgIpc) is 2.30. The Balaban J connectivity index is 2.24. The maximum Gasteiger partial charge on any atom is 0.241 e. The van der Waals surface area contributed by atoms with E-state index in [4.69, 9.17) is 5.14 Å². The highest BCUT2D eigenvalue weighted by atomic mass is 32.2. The number of hydrogen-bond donors (Lipinski definition) is 2. The van der Waals surface area contributed by atoms with Gasteiger partial charge in [-0.25, -0.2) is 18.5 Å². The van der Waals surface area contributed by atoms with Crippen LogP contribution in [0.4, 0.5) is 5.82 Å². The van der Waals surface area contributed by atoms with E-state index in [0.29, 0.717) is 5.82 Å². The Hall–Kier alpha value is -1.40. The molecule has 1 unspecified atom stereocenters. The molecule has 0 radical (unpaired) electrons.